The van der Waals surface area contributed by atoms with E-state index in [4.69, 9.17) is 4.18 Å². The quantitative estimate of drug-likeness (QED) is 0.606. The Morgan fingerprint density at radius 1 is 1.21 bits per heavy atom. The van der Waals surface area contributed by atoms with Crippen LogP contribution < -0.4 is 4.18 Å². The monoisotopic (exact) mass is 407 g/mol. The van der Waals surface area contributed by atoms with E-state index in [0.717, 1.165) is 49.7 Å². The van der Waals surface area contributed by atoms with Gasteiger partial charge >= 0.3 is 10.3 Å². The fraction of sp³-hybridized carbons (Fsp3) is 0.500. The number of nitriles is 2. The predicted octanol–water partition coefficient (Wildman–Crippen LogP) is 3.94. The second-order valence-corrected chi connectivity index (χ2v) is 10.1. The molecule has 0 aromatic heterocycles. The molecule has 1 aliphatic heterocycles. The van der Waals surface area contributed by atoms with Gasteiger partial charge in [0.2, 0.25) is 0 Å². The first-order chi connectivity index (χ1) is 13.9. The van der Waals surface area contributed by atoms with E-state index in [2.05, 4.69) is 29.5 Å². The summed E-state index contributed by atoms with van der Waals surface area (Å²) in [5.41, 5.74) is 4.49. The molecule has 7 heteroatoms. The second-order valence-electron chi connectivity index (χ2n) is 8.82. The number of rotatable bonds is 0. The summed E-state index contributed by atoms with van der Waals surface area (Å²) in [7, 11) is -3.87. The lowest BCUT2D eigenvalue weighted by Crippen LogP contribution is -2.40. The first kappa shape index (κ1) is 18.4. The smallest absolute Gasteiger partial charge is 0.365 e. The van der Waals surface area contributed by atoms with Crippen LogP contribution in [0, 0.1) is 39.9 Å². The summed E-state index contributed by atoms with van der Waals surface area (Å²) < 4.78 is 31.9. The molecule has 0 amide bonds. The summed E-state index contributed by atoms with van der Waals surface area (Å²) in [5, 5.41) is 18.8. The minimum atomic E-state index is -3.87. The maximum Gasteiger partial charge on any atom is 0.428 e. The first-order valence-corrected chi connectivity index (χ1v) is 11.4. The van der Waals surface area contributed by atoms with Crippen molar-refractivity contribution in [1.29, 1.82) is 10.5 Å². The minimum Gasteiger partial charge on any atom is -0.365 e. The molecule has 4 atom stereocenters. The highest BCUT2D eigenvalue weighted by Crippen LogP contribution is 2.63. The van der Waals surface area contributed by atoms with Crippen molar-refractivity contribution in [2.24, 2.45) is 21.6 Å². The Bertz CT molecular complexity index is 1150. The van der Waals surface area contributed by atoms with Gasteiger partial charge in [0.25, 0.3) is 0 Å². The van der Waals surface area contributed by atoms with Crippen LogP contribution in [0.4, 0.5) is 0 Å². The Balaban J connectivity index is 1.53. The molecule has 0 N–H and O–H groups in total. The van der Waals surface area contributed by atoms with Crippen molar-refractivity contribution >= 4 is 16.5 Å². The van der Waals surface area contributed by atoms with Crippen LogP contribution >= 0.6 is 0 Å². The van der Waals surface area contributed by atoms with Crippen molar-refractivity contribution < 1.29 is 12.6 Å². The third kappa shape index (κ3) is 2.64. The standard InChI is InChI=1S/C22H21N3O3S/c1-22-7-6-16-17(20(22)5-4-19(22)15(10-23)11-24)3-2-13-9-21-14(8-18(13)16)12-25-29(26,27)28-21/h8-9,12,16-17,20H,2-7H2,1H3. The summed E-state index contributed by atoms with van der Waals surface area (Å²) in [4.78, 5) is 0. The molecule has 1 aromatic carbocycles. The maximum absolute atomic E-state index is 11.6. The average Bonchev–Trinajstić information content (AvgIpc) is 3.04. The van der Waals surface area contributed by atoms with Gasteiger partial charge in [0.15, 0.2) is 5.75 Å². The highest BCUT2D eigenvalue weighted by atomic mass is 32.2. The molecule has 4 unspecified atom stereocenters. The number of allylic oxidation sites excluding steroid dienone is 2. The lowest BCUT2D eigenvalue weighted by molar-refractivity contribution is 0.0812. The van der Waals surface area contributed by atoms with Crippen LogP contribution in [0.25, 0.3) is 0 Å². The predicted molar refractivity (Wildman–Crippen MR) is 106 cm³/mol. The molecule has 0 saturated heterocycles. The molecule has 1 heterocycles. The van der Waals surface area contributed by atoms with E-state index in [0.29, 0.717) is 29.1 Å². The van der Waals surface area contributed by atoms with Crippen LogP contribution in [0.2, 0.25) is 0 Å². The molecule has 29 heavy (non-hydrogen) atoms. The zero-order chi connectivity index (χ0) is 20.4. The van der Waals surface area contributed by atoms with E-state index < -0.39 is 10.3 Å². The van der Waals surface area contributed by atoms with Crippen LogP contribution in [0.1, 0.15) is 61.6 Å². The molecule has 148 valence electrons. The molecule has 0 spiro atoms. The number of hydrogen-bond donors (Lipinski definition) is 0. The Labute approximate surface area is 170 Å². The Morgan fingerprint density at radius 2 is 2.00 bits per heavy atom. The van der Waals surface area contributed by atoms with Gasteiger partial charge in [0, 0.05) is 5.56 Å². The number of nitrogens with zero attached hydrogens (tertiary/aromatic N) is 3. The molecule has 3 aliphatic carbocycles. The molecule has 1 aromatic rings. The lowest BCUT2D eigenvalue weighted by atomic mass is 9.55. The Kier molecular flexibility index (Phi) is 3.92. The molecule has 2 fully saturated rings. The highest BCUT2D eigenvalue weighted by Gasteiger charge is 2.53. The third-order valence-corrected chi connectivity index (χ3v) is 8.43. The van der Waals surface area contributed by atoms with E-state index >= 15 is 0 Å². The van der Waals surface area contributed by atoms with E-state index in [1.807, 2.05) is 6.07 Å². The van der Waals surface area contributed by atoms with Gasteiger partial charge in [-0.3, -0.25) is 0 Å². The molecule has 0 bridgehead atoms. The number of hydrogen-bond acceptors (Lipinski definition) is 5. The molecule has 4 aliphatic rings. The Hall–Kier alpha value is -2.64. The summed E-state index contributed by atoms with van der Waals surface area (Å²) in [6.07, 6.45) is 7.16. The summed E-state index contributed by atoms with van der Waals surface area (Å²) >= 11 is 0. The fourth-order valence-corrected chi connectivity index (χ4v) is 7.09. The van der Waals surface area contributed by atoms with Crippen molar-refractivity contribution in [2.45, 2.75) is 51.4 Å². The fourth-order valence-electron chi connectivity index (χ4n) is 6.43. The first-order valence-electron chi connectivity index (χ1n) is 10.1. The average molecular weight is 407 g/mol. The molecule has 5 rings (SSSR count). The number of benzene rings is 1. The van der Waals surface area contributed by atoms with Gasteiger partial charge in [-0.25, -0.2) is 0 Å². The van der Waals surface area contributed by atoms with Gasteiger partial charge < -0.3 is 4.18 Å². The largest absolute Gasteiger partial charge is 0.428 e. The van der Waals surface area contributed by atoms with Crippen LogP contribution in [0.3, 0.4) is 0 Å². The zero-order valence-corrected chi connectivity index (χ0v) is 17.0. The van der Waals surface area contributed by atoms with Gasteiger partial charge in [-0.05, 0) is 90.5 Å². The second kappa shape index (κ2) is 6.18. The van der Waals surface area contributed by atoms with E-state index in [1.165, 1.54) is 17.3 Å². The van der Waals surface area contributed by atoms with E-state index in [9.17, 15) is 18.9 Å². The molecule has 6 nitrogen and oxygen atoms in total. The van der Waals surface area contributed by atoms with Crippen molar-refractivity contribution in [3.8, 4) is 17.9 Å². The van der Waals surface area contributed by atoms with Gasteiger partial charge in [0.1, 0.15) is 17.7 Å². The normalized spacial score (nSPS) is 33.2. The van der Waals surface area contributed by atoms with Gasteiger partial charge in [-0.1, -0.05) is 6.92 Å². The van der Waals surface area contributed by atoms with Crippen LogP contribution in [0.5, 0.6) is 5.75 Å². The van der Waals surface area contributed by atoms with Crippen LogP contribution in [0.15, 0.2) is 27.7 Å². The summed E-state index contributed by atoms with van der Waals surface area (Å²) in [6, 6.07) is 8.18. The lowest BCUT2D eigenvalue weighted by Gasteiger charge is -2.49. The SMILES string of the molecule is CC12CCC3c4cc5c(cc4CCC3C1CCC2=C(C#N)C#N)OS(=O)(=O)N=C5. The van der Waals surface area contributed by atoms with E-state index in [1.54, 1.807) is 0 Å². The number of fused-ring (bicyclic) bond motifs is 6. The molecular weight excluding hydrogens is 386 g/mol. The van der Waals surface area contributed by atoms with Gasteiger partial charge in [-0.15, -0.1) is 4.40 Å². The Morgan fingerprint density at radius 3 is 2.76 bits per heavy atom. The molecule has 0 radical (unpaired) electrons. The van der Waals surface area contributed by atoms with Gasteiger partial charge in [-0.2, -0.15) is 18.9 Å². The topological polar surface area (TPSA) is 103 Å². The van der Waals surface area contributed by atoms with Gasteiger partial charge in [0.05, 0.1) is 6.21 Å². The van der Waals surface area contributed by atoms with E-state index in [-0.39, 0.29) is 5.41 Å². The van der Waals surface area contributed by atoms with Crippen molar-refractivity contribution in [1.82, 2.24) is 0 Å². The zero-order valence-electron chi connectivity index (χ0n) is 16.2. The summed E-state index contributed by atoms with van der Waals surface area (Å²) in [5.74, 6) is 1.78. The molecule has 2 saturated carbocycles. The number of aryl methyl sites for hydroxylation is 1. The van der Waals surface area contributed by atoms with Crippen molar-refractivity contribution in [2.75, 3.05) is 0 Å². The summed E-state index contributed by atoms with van der Waals surface area (Å²) in [6.45, 7) is 2.25. The maximum atomic E-state index is 11.6. The third-order valence-electron chi connectivity index (χ3n) is 7.68. The highest BCUT2D eigenvalue weighted by molar-refractivity contribution is 7.86. The minimum absolute atomic E-state index is 0.0632. The van der Waals surface area contributed by atoms with Crippen molar-refractivity contribution in [3.05, 3.63) is 40.0 Å². The van der Waals surface area contributed by atoms with Crippen LogP contribution in [-0.2, 0) is 16.7 Å². The molecular formula is C22H21N3O3S. The van der Waals surface area contributed by atoms with Crippen LogP contribution in [-0.4, -0.2) is 14.6 Å². The van der Waals surface area contributed by atoms with Crippen molar-refractivity contribution in [3.63, 3.8) is 0 Å².